The number of hydrogen-bond acceptors (Lipinski definition) is 5. The molecule has 5 rings (SSSR count). The molecule has 8 heteroatoms. The number of fused-ring (bicyclic) bond motifs is 3. The van der Waals surface area contributed by atoms with E-state index in [0.29, 0.717) is 31.5 Å². The molecule has 1 amide bonds. The maximum absolute atomic E-state index is 13.0. The minimum Gasteiger partial charge on any atom is -0.382 e. The lowest BCUT2D eigenvalue weighted by molar-refractivity contribution is -0.122. The number of rotatable bonds is 7. The lowest BCUT2D eigenvalue weighted by atomic mass is 9.98. The van der Waals surface area contributed by atoms with E-state index in [1.165, 1.54) is 5.56 Å². The van der Waals surface area contributed by atoms with Crippen molar-refractivity contribution in [3.8, 4) is 0 Å². The van der Waals surface area contributed by atoms with Crippen molar-refractivity contribution in [2.45, 2.75) is 58.2 Å². The van der Waals surface area contributed by atoms with Crippen LogP contribution in [0.4, 0.5) is 5.69 Å². The summed E-state index contributed by atoms with van der Waals surface area (Å²) in [4.78, 5) is 30.1. The fraction of sp³-hybridized carbons (Fsp3) is 0.500. The van der Waals surface area contributed by atoms with Gasteiger partial charge in [-0.15, -0.1) is 0 Å². The molecule has 0 aliphatic carbocycles. The van der Waals surface area contributed by atoms with Crippen LogP contribution in [0.1, 0.15) is 37.6 Å². The van der Waals surface area contributed by atoms with Crippen LogP contribution in [-0.2, 0) is 35.5 Å². The van der Waals surface area contributed by atoms with Crippen LogP contribution in [0.25, 0.3) is 11.0 Å². The molecule has 2 aromatic heterocycles. The van der Waals surface area contributed by atoms with Gasteiger partial charge in [-0.25, -0.2) is 4.98 Å². The second-order valence-electron chi connectivity index (χ2n) is 9.50. The van der Waals surface area contributed by atoms with E-state index >= 15 is 0 Å². The standard InChI is InChI=1S/C26H33N5O3/c1-18-5-6-20-21(28-18)7-8-22-26(20)29-23(9-13-30-12-3-2-4-25(30)33)31(22)17-24(32)27-16-19-10-14-34-15-11-19/h2-4,7-8,12,18-19,28H,5-6,9-11,13-17H2,1H3,(H,27,32)/t18-/m0/s1. The predicted octanol–water partition coefficient (Wildman–Crippen LogP) is 2.73. The lowest BCUT2D eigenvalue weighted by Gasteiger charge is -2.24. The van der Waals surface area contributed by atoms with Crippen molar-refractivity contribution in [1.29, 1.82) is 0 Å². The average Bonchev–Trinajstić information content (AvgIpc) is 3.20. The molecule has 8 nitrogen and oxygen atoms in total. The van der Waals surface area contributed by atoms with E-state index in [1.54, 1.807) is 22.9 Å². The van der Waals surface area contributed by atoms with Gasteiger partial charge in [-0.05, 0) is 56.7 Å². The molecule has 1 saturated heterocycles. The van der Waals surface area contributed by atoms with Gasteiger partial charge < -0.3 is 24.5 Å². The van der Waals surface area contributed by atoms with Crippen LogP contribution in [0.3, 0.4) is 0 Å². The first-order chi connectivity index (χ1) is 16.6. The highest BCUT2D eigenvalue weighted by Gasteiger charge is 2.22. The molecule has 0 saturated carbocycles. The van der Waals surface area contributed by atoms with Gasteiger partial charge in [0, 0.05) is 62.3 Å². The van der Waals surface area contributed by atoms with Gasteiger partial charge in [0.1, 0.15) is 12.4 Å². The summed E-state index contributed by atoms with van der Waals surface area (Å²) in [5.41, 5.74) is 4.26. The molecule has 180 valence electrons. The van der Waals surface area contributed by atoms with Gasteiger partial charge in [-0.2, -0.15) is 0 Å². The lowest BCUT2D eigenvalue weighted by Crippen LogP contribution is -2.34. The number of imidazole rings is 1. The highest BCUT2D eigenvalue weighted by Crippen LogP contribution is 2.32. The van der Waals surface area contributed by atoms with Crippen LogP contribution in [0.2, 0.25) is 0 Å². The summed E-state index contributed by atoms with van der Waals surface area (Å²) in [5, 5.41) is 6.68. The Labute approximate surface area is 199 Å². The molecule has 0 radical (unpaired) electrons. The molecule has 3 aromatic rings. The summed E-state index contributed by atoms with van der Waals surface area (Å²) in [7, 11) is 0. The molecule has 1 atom stereocenters. The summed E-state index contributed by atoms with van der Waals surface area (Å²) >= 11 is 0. The van der Waals surface area contributed by atoms with E-state index in [9.17, 15) is 9.59 Å². The molecule has 1 fully saturated rings. The van der Waals surface area contributed by atoms with Gasteiger partial charge in [0.25, 0.3) is 5.56 Å². The smallest absolute Gasteiger partial charge is 0.250 e. The number of aryl methyl sites for hydroxylation is 3. The Bertz CT molecular complexity index is 1220. The van der Waals surface area contributed by atoms with Crippen molar-refractivity contribution in [2.24, 2.45) is 5.92 Å². The number of carbonyl (C=O) groups is 1. The highest BCUT2D eigenvalue weighted by atomic mass is 16.5. The molecule has 34 heavy (non-hydrogen) atoms. The van der Waals surface area contributed by atoms with Gasteiger partial charge in [0.15, 0.2) is 0 Å². The largest absolute Gasteiger partial charge is 0.382 e. The van der Waals surface area contributed by atoms with Crippen LogP contribution in [0.15, 0.2) is 41.3 Å². The van der Waals surface area contributed by atoms with Crippen LogP contribution in [0, 0.1) is 5.92 Å². The second kappa shape index (κ2) is 10.0. The van der Waals surface area contributed by atoms with E-state index < -0.39 is 0 Å². The highest BCUT2D eigenvalue weighted by molar-refractivity contribution is 5.87. The van der Waals surface area contributed by atoms with E-state index in [2.05, 4.69) is 29.7 Å². The third kappa shape index (κ3) is 4.87. The van der Waals surface area contributed by atoms with Crippen molar-refractivity contribution in [3.63, 3.8) is 0 Å². The number of aromatic nitrogens is 3. The number of hydrogen-bond donors (Lipinski definition) is 2. The van der Waals surface area contributed by atoms with Gasteiger partial charge >= 0.3 is 0 Å². The zero-order valence-electron chi connectivity index (χ0n) is 19.8. The summed E-state index contributed by atoms with van der Waals surface area (Å²) in [6, 6.07) is 9.78. The molecule has 4 heterocycles. The summed E-state index contributed by atoms with van der Waals surface area (Å²) in [6.07, 6.45) is 6.37. The Balaban J connectivity index is 1.41. The number of nitrogens with zero attached hydrogens (tertiary/aromatic N) is 3. The first-order valence-corrected chi connectivity index (χ1v) is 12.4. The molecular formula is C26H33N5O3. The van der Waals surface area contributed by atoms with E-state index in [4.69, 9.17) is 9.72 Å². The van der Waals surface area contributed by atoms with Crippen LogP contribution in [0.5, 0.6) is 0 Å². The quantitative estimate of drug-likeness (QED) is 0.562. The van der Waals surface area contributed by atoms with Gasteiger partial charge in [0.2, 0.25) is 5.91 Å². The number of amides is 1. The Morgan fingerprint density at radius 2 is 2.06 bits per heavy atom. The van der Waals surface area contributed by atoms with E-state index in [-0.39, 0.29) is 18.0 Å². The summed E-state index contributed by atoms with van der Waals surface area (Å²) in [6.45, 7) is 5.16. The van der Waals surface area contributed by atoms with Gasteiger partial charge in [-0.1, -0.05) is 6.07 Å². The second-order valence-corrected chi connectivity index (χ2v) is 9.50. The Morgan fingerprint density at radius 1 is 1.21 bits per heavy atom. The van der Waals surface area contributed by atoms with Gasteiger partial charge in [0.05, 0.1) is 11.0 Å². The topological polar surface area (TPSA) is 90.2 Å². The van der Waals surface area contributed by atoms with Crippen molar-refractivity contribution in [3.05, 3.63) is 58.3 Å². The molecular weight excluding hydrogens is 430 g/mol. The Morgan fingerprint density at radius 3 is 2.88 bits per heavy atom. The minimum absolute atomic E-state index is 0.00612. The first kappa shape index (κ1) is 22.7. The normalized spacial score (nSPS) is 18.4. The number of ether oxygens (including phenoxy) is 1. The monoisotopic (exact) mass is 463 g/mol. The first-order valence-electron chi connectivity index (χ1n) is 12.4. The van der Waals surface area contributed by atoms with E-state index in [1.807, 2.05) is 10.6 Å². The zero-order valence-corrected chi connectivity index (χ0v) is 19.8. The number of carbonyl (C=O) groups excluding carboxylic acids is 1. The number of pyridine rings is 1. The maximum atomic E-state index is 13.0. The summed E-state index contributed by atoms with van der Waals surface area (Å²) in [5.74, 6) is 1.30. The number of benzene rings is 1. The SMILES string of the molecule is C[C@H]1CCc2c(ccc3c2nc(CCn2ccccc2=O)n3CC(=O)NCC2CCOCC2)N1. The average molecular weight is 464 g/mol. The zero-order chi connectivity index (χ0) is 23.5. The third-order valence-corrected chi connectivity index (χ3v) is 7.04. The van der Waals surface area contributed by atoms with Crippen LogP contribution < -0.4 is 16.2 Å². The number of anilines is 1. The Kier molecular flexibility index (Phi) is 6.67. The van der Waals surface area contributed by atoms with Crippen molar-refractivity contribution in [1.82, 2.24) is 19.4 Å². The predicted molar refractivity (Wildman–Crippen MR) is 132 cm³/mol. The Hall–Kier alpha value is -3.13. The maximum Gasteiger partial charge on any atom is 0.250 e. The van der Waals surface area contributed by atoms with Crippen LogP contribution in [-0.4, -0.2) is 45.8 Å². The number of nitrogens with one attached hydrogen (secondary N) is 2. The van der Waals surface area contributed by atoms with Crippen LogP contribution >= 0.6 is 0 Å². The minimum atomic E-state index is -0.0325. The van der Waals surface area contributed by atoms with Crippen molar-refractivity contribution >= 4 is 22.6 Å². The van der Waals surface area contributed by atoms with E-state index in [0.717, 1.165) is 61.4 Å². The van der Waals surface area contributed by atoms with Gasteiger partial charge in [-0.3, -0.25) is 9.59 Å². The molecule has 2 aliphatic rings. The third-order valence-electron chi connectivity index (χ3n) is 7.04. The molecule has 2 N–H and O–H groups in total. The molecule has 1 aromatic carbocycles. The summed E-state index contributed by atoms with van der Waals surface area (Å²) < 4.78 is 9.14. The van der Waals surface area contributed by atoms with Crippen molar-refractivity contribution < 1.29 is 9.53 Å². The fourth-order valence-electron chi connectivity index (χ4n) is 5.02. The fourth-order valence-corrected chi connectivity index (χ4v) is 5.02. The van der Waals surface area contributed by atoms with Crippen molar-refractivity contribution in [2.75, 3.05) is 25.1 Å². The molecule has 0 bridgehead atoms. The molecule has 2 aliphatic heterocycles. The molecule has 0 unspecified atom stereocenters. The molecule has 0 spiro atoms.